The molecule has 0 spiro atoms. The molecule has 9 heteroatoms. The number of amides is 1. The van der Waals surface area contributed by atoms with Crippen LogP contribution in [0.5, 0.6) is 0 Å². The van der Waals surface area contributed by atoms with E-state index in [9.17, 15) is 24.8 Å². The van der Waals surface area contributed by atoms with Crippen LogP contribution in [0.25, 0.3) is 0 Å². The first-order valence-corrected chi connectivity index (χ1v) is 8.48. The van der Waals surface area contributed by atoms with Crippen LogP contribution < -0.4 is 0 Å². The molecule has 136 valence electrons. The number of nitrogens with zero attached hydrogens (tertiary/aromatic N) is 4. The topological polar surface area (TPSA) is 119 Å². The maximum Gasteiger partial charge on any atom is 0.312 e. The Bertz CT molecular complexity index is 724. The fourth-order valence-electron chi connectivity index (χ4n) is 3.82. The SMILES string of the molecule is Cc1nn(CCC(=O)N2C[C@H](C(=O)O)[C@@H](C3CC3)C2)c(C)c1[N+](=O)[O-]. The average molecular weight is 350 g/mol. The Morgan fingerprint density at radius 1 is 1.32 bits per heavy atom. The van der Waals surface area contributed by atoms with Gasteiger partial charge in [0.25, 0.3) is 0 Å². The maximum absolute atomic E-state index is 12.5. The predicted octanol–water partition coefficient (Wildman–Crippen LogP) is 1.37. The number of rotatable bonds is 6. The lowest BCUT2D eigenvalue weighted by molar-refractivity contribution is -0.386. The fraction of sp³-hybridized carbons (Fsp3) is 0.688. The monoisotopic (exact) mass is 350 g/mol. The molecule has 1 amide bonds. The molecule has 1 saturated heterocycles. The van der Waals surface area contributed by atoms with E-state index in [1.165, 1.54) is 4.68 Å². The second-order valence-electron chi connectivity index (χ2n) is 6.99. The summed E-state index contributed by atoms with van der Waals surface area (Å²) in [6.45, 7) is 4.19. The minimum Gasteiger partial charge on any atom is -0.481 e. The second-order valence-corrected chi connectivity index (χ2v) is 6.99. The standard InChI is InChI=1S/C16H22N4O5/c1-9-15(20(24)25)10(2)19(17-9)6-5-14(21)18-7-12(11-3-4-11)13(8-18)16(22)23/h11-13H,3-8H2,1-2H3,(H,22,23)/t12-,13+/m1/s1. The van der Waals surface area contributed by atoms with E-state index < -0.39 is 16.8 Å². The number of aliphatic carboxylic acids is 1. The van der Waals surface area contributed by atoms with Crippen molar-refractivity contribution in [2.24, 2.45) is 17.8 Å². The first kappa shape index (κ1) is 17.4. The number of hydrogen-bond donors (Lipinski definition) is 1. The number of aryl methyl sites for hydroxylation is 2. The van der Waals surface area contributed by atoms with Crippen molar-refractivity contribution in [2.45, 2.75) is 39.7 Å². The van der Waals surface area contributed by atoms with E-state index in [1.807, 2.05) is 0 Å². The van der Waals surface area contributed by atoms with Crippen LogP contribution in [0.2, 0.25) is 0 Å². The Balaban J connectivity index is 1.63. The number of carbonyl (C=O) groups is 2. The van der Waals surface area contributed by atoms with Crippen LogP contribution in [-0.2, 0) is 16.1 Å². The number of nitro groups is 1. The van der Waals surface area contributed by atoms with Crippen LogP contribution in [0, 0.1) is 41.7 Å². The summed E-state index contributed by atoms with van der Waals surface area (Å²) in [6, 6.07) is 0. The van der Waals surface area contributed by atoms with Gasteiger partial charge in [-0.15, -0.1) is 0 Å². The first-order chi connectivity index (χ1) is 11.8. The Morgan fingerprint density at radius 3 is 2.52 bits per heavy atom. The Kier molecular flexibility index (Phi) is 4.49. The molecule has 1 N–H and O–H groups in total. The van der Waals surface area contributed by atoms with Crippen molar-refractivity contribution in [3.8, 4) is 0 Å². The van der Waals surface area contributed by atoms with Crippen LogP contribution >= 0.6 is 0 Å². The van der Waals surface area contributed by atoms with Crippen molar-refractivity contribution in [3.63, 3.8) is 0 Å². The number of hydrogen-bond acceptors (Lipinski definition) is 5. The number of likely N-dealkylation sites (tertiary alicyclic amines) is 1. The summed E-state index contributed by atoms with van der Waals surface area (Å²) >= 11 is 0. The van der Waals surface area contributed by atoms with E-state index in [0.717, 1.165) is 12.8 Å². The molecule has 1 aromatic rings. The molecule has 3 rings (SSSR count). The Labute approximate surface area is 144 Å². The van der Waals surface area contributed by atoms with Crippen molar-refractivity contribution >= 4 is 17.6 Å². The van der Waals surface area contributed by atoms with Crippen LogP contribution in [0.3, 0.4) is 0 Å². The van der Waals surface area contributed by atoms with Crippen LogP contribution in [-0.4, -0.2) is 49.7 Å². The van der Waals surface area contributed by atoms with Crippen molar-refractivity contribution in [1.29, 1.82) is 0 Å². The summed E-state index contributed by atoms with van der Waals surface area (Å²) < 4.78 is 1.48. The van der Waals surface area contributed by atoms with E-state index in [-0.39, 0.29) is 37.0 Å². The zero-order valence-corrected chi connectivity index (χ0v) is 14.3. The lowest BCUT2D eigenvalue weighted by atomic mass is 9.92. The largest absolute Gasteiger partial charge is 0.481 e. The zero-order valence-electron chi connectivity index (χ0n) is 14.3. The lowest BCUT2D eigenvalue weighted by Gasteiger charge is -2.16. The third-order valence-electron chi connectivity index (χ3n) is 5.33. The number of carbonyl (C=O) groups excluding carboxylic acids is 1. The molecule has 1 aliphatic heterocycles. The maximum atomic E-state index is 12.5. The summed E-state index contributed by atoms with van der Waals surface area (Å²) in [5.41, 5.74) is 0.736. The van der Waals surface area contributed by atoms with Crippen LogP contribution in [0.15, 0.2) is 0 Å². The lowest BCUT2D eigenvalue weighted by Crippen LogP contribution is -2.30. The summed E-state index contributed by atoms with van der Waals surface area (Å²) in [5, 5.41) is 24.5. The van der Waals surface area contributed by atoms with E-state index in [0.29, 0.717) is 23.9 Å². The molecule has 0 radical (unpaired) electrons. The molecule has 2 fully saturated rings. The highest BCUT2D eigenvalue weighted by atomic mass is 16.6. The fourth-order valence-corrected chi connectivity index (χ4v) is 3.82. The van der Waals surface area contributed by atoms with Gasteiger partial charge >= 0.3 is 11.7 Å². The zero-order chi connectivity index (χ0) is 18.3. The van der Waals surface area contributed by atoms with Crippen molar-refractivity contribution in [3.05, 3.63) is 21.5 Å². The van der Waals surface area contributed by atoms with Crippen LogP contribution in [0.4, 0.5) is 5.69 Å². The van der Waals surface area contributed by atoms with Gasteiger partial charge in [-0.1, -0.05) is 0 Å². The highest BCUT2D eigenvalue weighted by Crippen LogP contribution is 2.44. The van der Waals surface area contributed by atoms with E-state index in [2.05, 4.69) is 5.10 Å². The number of carboxylic acid groups (broad SMARTS) is 1. The van der Waals surface area contributed by atoms with E-state index in [1.54, 1.807) is 18.7 Å². The molecule has 0 unspecified atom stereocenters. The third kappa shape index (κ3) is 3.35. The molecule has 2 aliphatic rings. The highest BCUT2D eigenvalue weighted by molar-refractivity contribution is 5.79. The van der Waals surface area contributed by atoms with E-state index >= 15 is 0 Å². The van der Waals surface area contributed by atoms with Crippen LogP contribution in [0.1, 0.15) is 30.7 Å². The molecule has 9 nitrogen and oxygen atoms in total. The average Bonchev–Trinajstić information content (AvgIpc) is 3.20. The summed E-state index contributed by atoms with van der Waals surface area (Å²) in [4.78, 5) is 36.1. The Morgan fingerprint density at radius 2 is 2.00 bits per heavy atom. The number of carboxylic acids is 1. The molecular weight excluding hydrogens is 328 g/mol. The molecule has 1 saturated carbocycles. The molecule has 2 heterocycles. The minimum atomic E-state index is -0.832. The minimum absolute atomic E-state index is 0.0200. The molecular formula is C16H22N4O5. The van der Waals surface area contributed by atoms with Gasteiger partial charge in [0.15, 0.2) is 0 Å². The quantitative estimate of drug-likeness (QED) is 0.611. The normalized spacial score (nSPS) is 23.0. The van der Waals surface area contributed by atoms with Crippen molar-refractivity contribution in [2.75, 3.05) is 13.1 Å². The van der Waals surface area contributed by atoms with E-state index in [4.69, 9.17) is 0 Å². The Hall–Kier alpha value is -2.45. The van der Waals surface area contributed by atoms with Gasteiger partial charge < -0.3 is 10.0 Å². The first-order valence-electron chi connectivity index (χ1n) is 8.48. The van der Waals surface area contributed by atoms with Crippen molar-refractivity contribution in [1.82, 2.24) is 14.7 Å². The second kappa shape index (κ2) is 6.45. The van der Waals surface area contributed by atoms with Gasteiger partial charge in [0.05, 0.1) is 17.4 Å². The van der Waals surface area contributed by atoms with Gasteiger partial charge in [0.1, 0.15) is 11.4 Å². The van der Waals surface area contributed by atoms with Gasteiger partial charge in [-0.2, -0.15) is 5.10 Å². The van der Waals surface area contributed by atoms with Gasteiger partial charge in [0.2, 0.25) is 5.91 Å². The van der Waals surface area contributed by atoms with Gasteiger partial charge in [0, 0.05) is 19.5 Å². The summed E-state index contributed by atoms with van der Waals surface area (Å²) in [5.74, 6) is -0.953. The molecule has 25 heavy (non-hydrogen) atoms. The van der Waals surface area contributed by atoms with Gasteiger partial charge in [-0.25, -0.2) is 0 Å². The molecule has 0 aromatic carbocycles. The summed E-state index contributed by atoms with van der Waals surface area (Å²) in [6.07, 6.45) is 2.25. The van der Waals surface area contributed by atoms with Gasteiger partial charge in [-0.3, -0.25) is 24.4 Å². The smallest absolute Gasteiger partial charge is 0.312 e. The van der Waals surface area contributed by atoms with Gasteiger partial charge in [-0.05, 0) is 38.5 Å². The molecule has 1 aromatic heterocycles. The summed E-state index contributed by atoms with van der Waals surface area (Å²) in [7, 11) is 0. The highest BCUT2D eigenvalue weighted by Gasteiger charge is 2.46. The third-order valence-corrected chi connectivity index (χ3v) is 5.33. The molecule has 1 aliphatic carbocycles. The van der Waals surface area contributed by atoms with Crippen molar-refractivity contribution < 1.29 is 19.6 Å². The number of aromatic nitrogens is 2. The molecule has 0 bridgehead atoms. The molecule has 2 atom stereocenters. The predicted molar refractivity (Wildman–Crippen MR) is 86.9 cm³/mol.